The maximum absolute atomic E-state index is 12.7. The van der Waals surface area contributed by atoms with Crippen LogP contribution in [0.25, 0.3) is 0 Å². The lowest BCUT2D eigenvalue weighted by Crippen LogP contribution is -2.53. The molecular formula is C14H27NO2S. The standard InChI is InChI=1S/C14H27NO2S/c1-13(8-6-7-9-13)18(16,17)12-14(15-2)10-4-3-5-11-14/h15H,3-12H2,1-2H3. The lowest BCUT2D eigenvalue weighted by atomic mass is 9.83. The second-order valence-corrected chi connectivity index (χ2v) is 9.01. The lowest BCUT2D eigenvalue weighted by molar-refractivity contribution is 0.272. The Labute approximate surface area is 112 Å². The van der Waals surface area contributed by atoms with Gasteiger partial charge in [-0.15, -0.1) is 0 Å². The van der Waals surface area contributed by atoms with Crippen molar-refractivity contribution in [3.63, 3.8) is 0 Å². The Hall–Kier alpha value is -0.0900. The zero-order chi connectivity index (χ0) is 13.3. The molecule has 0 aromatic heterocycles. The van der Waals surface area contributed by atoms with E-state index in [9.17, 15) is 8.42 Å². The lowest BCUT2D eigenvalue weighted by Gasteiger charge is -2.39. The van der Waals surface area contributed by atoms with E-state index in [1.165, 1.54) is 6.42 Å². The van der Waals surface area contributed by atoms with E-state index in [4.69, 9.17) is 0 Å². The van der Waals surface area contributed by atoms with Gasteiger partial charge in [-0.2, -0.15) is 0 Å². The van der Waals surface area contributed by atoms with E-state index in [-0.39, 0.29) is 5.54 Å². The average Bonchev–Trinajstić information content (AvgIpc) is 2.79. The third-order valence-corrected chi connectivity index (χ3v) is 8.06. The monoisotopic (exact) mass is 273 g/mol. The first-order valence-electron chi connectivity index (χ1n) is 7.34. The second kappa shape index (κ2) is 5.12. The van der Waals surface area contributed by atoms with Gasteiger partial charge in [-0.3, -0.25) is 0 Å². The molecule has 18 heavy (non-hydrogen) atoms. The number of hydrogen-bond acceptors (Lipinski definition) is 3. The van der Waals surface area contributed by atoms with Crippen molar-refractivity contribution >= 4 is 9.84 Å². The summed E-state index contributed by atoms with van der Waals surface area (Å²) in [7, 11) is -1.06. The predicted molar refractivity (Wildman–Crippen MR) is 75.5 cm³/mol. The van der Waals surface area contributed by atoms with Crippen molar-refractivity contribution in [2.45, 2.75) is 75.0 Å². The van der Waals surface area contributed by atoms with Crippen LogP contribution < -0.4 is 5.32 Å². The van der Waals surface area contributed by atoms with Crippen LogP contribution in [-0.2, 0) is 9.84 Å². The van der Waals surface area contributed by atoms with Crippen LogP contribution >= 0.6 is 0 Å². The van der Waals surface area contributed by atoms with Crippen molar-refractivity contribution < 1.29 is 8.42 Å². The smallest absolute Gasteiger partial charge is 0.157 e. The van der Waals surface area contributed by atoms with Gasteiger partial charge in [-0.25, -0.2) is 8.42 Å². The maximum Gasteiger partial charge on any atom is 0.157 e. The van der Waals surface area contributed by atoms with E-state index in [2.05, 4.69) is 5.32 Å². The van der Waals surface area contributed by atoms with Crippen LogP contribution in [0.5, 0.6) is 0 Å². The third-order valence-electron chi connectivity index (χ3n) is 5.22. The summed E-state index contributed by atoms with van der Waals surface area (Å²) in [4.78, 5) is 0. The van der Waals surface area contributed by atoms with Crippen LogP contribution in [0.2, 0.25) is 0 Å². The molecule has 0 radical (unpaired) electrons. The molecule has 0 spiro atoms. The van der Waals surface area contributed by atoms with Gasteiger partial charge in [-0.05, 0) is 39.7 Å². The molecule has 0 amide bonds. The van der Waals surface area contributed by atoms with Gasteiger partial charge in [0, 0.05) is 5.54 Å². The molecule has 0 aromatic carbocycles. The molecule has 0 aromatic rings. The fourth-order valence-electron chi connectivity index (χ4n) is 3.67. The minimum Gasteiger partial charge on any atom is -0.313 e. The van der Waals surface area contributed by atoms with E-state index in [1.54, 1.807) is 0 Å². The molecule has 0 unspecified atom stereocenters. The summed E-state index contributed by atoms with van der Waals surface area (Å²) in [6, 6.07) is 0. The van der Waals surface area contributed by atoms with Crippen LogP contribution in [0.1, 0.15) is 64.7 Å². The molecule has 4 heteroatoms. The molecule has 0 saturated heterocycles. The molecule has 106 valence electrons. The van der Waals surface area contributed by atoms with Gasteiger partial charge < -0.3 is 5.32 Å². The van der Waals surface area contributed by atoms with Crippen molar-refractivity contribution in [2.75, 3.05) is 12.8 Å². The molecule has 2 rings (SSSR count). The predicted octanol–water partition coefficient (Wildman–Crippen LogP) is 2.66. The molecule has 2 aliphatic rings. The van der Waals surface area contributed by atoms with Gasteiger partial charge >= 0.3 is 0 Å². The topological polar surface area (TPSA) is 46.2 Å². The first-order valence-corrected chi connectivity index (χ1v) is 9.00. The van der Waals surface area contributed by atoms with Crippen LogP contribution in [-0.4, -0.2) is 31.5 Å². The highest BCUT2D eigenvalue weighted by atomic mass is 32.2. The second-order valence-electron chi connectivity index (χ2n) is 6.51. The van der Waals surface area contributed by atoms with E-state index in [0.29, 0.717) is 5.75 Å². The molecule has 0 atom stereocenters. The largest absolute Gasteiger partial charge is 0.313 e. The van der Waals surface area contributed by atoms with Crippen LogP contribution in [0.15, 0.2) is 0 Å². The molecule has 3 nitrogen and oxygen atoms in total. The Morgan fingerprint density at radius 1 is 0.944 bits per heavy atom. The van der Waals surface area contributed by atoms with Gasteiger partial charge in [0.1, 0.15) is 0 Å². The Balaban J connectivity index is 2.15. The third kappa shape index (κ3) is 2.60. The highest BCUT2D eigenvalue weighted by Gasteiger charge is 2.46. The summed E-state index contributed by atoms with van der Waals surface area (Å²) < 4.78 is 25.0. The number of nitrogens with one attached hydrogen (secondary N) is 1. The molecule has 0 heterocycles. The van der Waals surface area contributed by atoms with Gasteiger partial charge in [-0.1, -0.05) is 32.1 Å². The van der Waals surface area contributed by atoms with Gasteiger partial charge in [0.2, 0.25) is 0 Å². The van der Waals surface area contributed by atoms with E-state index in [0.717, 1.165) is 51.4 Å². The quantitative estimate of drug-likeness (QED) is 0.856. The molecule has 0 bridgehead atoms. The zero-order valence-corrected chi connectivity index (χ0v) is 12.6. The molecule has 2 fully saturated rings. The minimum atomic E-state index is -2.99. The molecule has 0 aliphatic heterocycles. The van der Waals surface area contributed by atoms with E-state index < -0.39 is 14.6 Å². The Morgan fingerprint density at radius 3 is 1.94 bits per heavy atom. The summed E-state index contributed by atoms with van der Waals surface area (Å²) in [6.45, 7) is 1.96. The summed E-state index contributed by atoms with van der Waals surface area (Å²) in [6.07, 6.45) is 9.45. The summed E-state index contributed by atoms with van der Waals surface area (Å²) in [5, 5.41) is 3.34. The first kappa shape index (κ1) is 14.3. The van der Waals surface area contributed by atoms with Crippen molar-refractivity contribution in [2.24, 2.45) is 0 Å². The SMILES string of the molecule is CNC1(CS(=O)(=O)C2(C)CCCC2)CCCCC1. The fourth-order valence-corrected chi connectivity index (χ4v) is 6.09. The number of rotatable bonds is 4. The van der Waals surface area contributed by atoms with Crippen molar-refractivity contribution in [1.29, 1.82) is 0 Å². The van der Waals surface area contributed by atoms with Gasteiger partial charge in [0.15, 0.2) is 9.84 Å². The Kier molecular flexibility index (Phi) is 4.07. The van der Waals surface area contributed by atoms with Gasteiger partial charge in [0.05, 0.1) is 10.5 Å². The molecule has 2 saturated carbocycles. The van der Waals surface area contributed by atoms with Crippen molar-refractivity contribution in [3.05, 3.63) is 0 Å². The first-order chi connectivity index (χ1) is 8.43. The van der Waals surface area contributed by atoms with Crippen molar-refractivity contribution in [1.82, 2.24) is 5.32 Å². The molecule has 2 aliphatic carbocycles. The normalized spacial score (nSPS) is 27.2. The molecular weight excluding hydrogens is 246 g/mol. The number of hydrogen-bond donors (Lipinski definition) is 1. The highest BCUT2D eigenvalue weighted by Crippen LogP contribution is 2.40. The van der Waals surface area contributed by atoms with E-state index in [1.807, 2.05) is 14.0 Å². The van der Waals surface area contributed by atoms with Crippen LogP contribution in [0.4, 0.5) is 0 Å². The van der Waals surface area contributed by atoms with Crippen LogP contribution in [0.3, 0.4) is 0 Å². The minimum absolute atomic E-state index is 0.150. The number of sulfone groups is 1. The Bertz CT molecular complexity index is 377. The summed E-state index contributed by atoms with van der Waals surface area (Å²) in [5.74, 6) is 0.340. The summed E-state index contributed by atoms with van der Waals surface area (Å²) >= 11 is 0. The van der Waals surface area contributed by atoms with Gasteiger partial charge in [0.25, 0.3) is 0 Å². The Morgan fingerprint density at radius 2 is 1.44 bits per heavy atom. The van der Waals surface area contributed by atoms with Crippen molar-refractivity contribution in [3.8, 4) is 0 Å². The fraction of sp³-hybridized carbons (Fsp3) is 1.00. The van der Waals surface area contributed by atoms with E-state index >= 15 is 0 Å². The maximum atomic E-state index is 12.7. The molecule has 1 N–H and O–H groups in total. The average molecular weight is 273 g/mol. The van der Waals surface area contributed by atoms with Crippen LogP contribution in [0, 0.1) is 0 Å². The summed E-state index contributed by atoms with van der Waals surface area (Å²) in [5.41, 5.74) is -0.150. The highest BCUT2D eigenvalue weighted by molar-refractivity contribution is 7.92. The zero-order valence-electron chi connectivity index (χ0n) is 11.8.